The first-order valence-corrected chi connectivity index (χ1v) is 6.70. The summed E-state index contributed by atoms with van der Waals surface area (Å²) in [5.74, 6) is 0.932. The fourth-order valence-electron chi connectivity index (χ4n) is 1.18. The van der Waals surface area contributed by atoms with Gasteiger partial charge in [0.15, 0.2) is 0 Å². The fraction of sp³-hybridized carbons (Fsp3) is 0.0909. The number of hydrogen-bond donors (Lipinski definition) is 1. The molecular weight excluding hydrogens is 246 g/mol. The standard InChI is InChI=1S/C11H10ClNS2/c12-9-4-3-8(6-10(9)13)7-15-11-2-1-5-14-11/h1-6H,7,13H2. The predicted octanol–water partition coefficient (Wildman–Crippen LogP) is 4.28. The largest absolute Gasteiger partial charge is 0.398 e. The Morgan fingerprint density at radius 1 is 1.33 bits per heavy atom. The molecule has 2 N–H and O–H groups in total. The lowest BCUT2D eigenvalue weighted by atomic mass is 10.2. The molecule has 0 aliphatic heterocycles. The molecule has 0 bridgehead atoms. The van der Waals surface area contributed by atoms with Gasteiger partial charge in [0.05, 0.1) is 14.9 Å². The molecule has 0 unspecified atom stereocenters. The zero-order chi connectivity index (χ0) is 10.7. The Kier molecular flexibility index (Phi) is 3.57. The van der Waals surface area contributed by atoms with Crippen molar-refractivity contribution in [2.45, 2.75) is 9.96 Å². The minimum atomic E-state index is 0.625. The van der Waals surface area contributed by atoms with Gasteiger partial charge < -0.3 is 5.73 Å². The van der Waals surface area contributed by atoms with Crippen molar-refractivity contribution in [3.63, 3.8) is 0 Å². The van der Waals surface area contributed by atoms with Crippen molar-refractivity contribution in [1.82, 2.24) is 0 Å². The van der Waals surface area contributed by atoms with Crippen LogP contribution in [0.3, 0.4) is 0 Å². The van der Waals surface area contributed by atoms with Gasteiger partial charge in [0.2, 0.25) is 0 Å². The number of anilines is 1. The van der Waals surface area contributed by atoms with Crippen LogP contribution in [0, 0.1) is 0 Å². The Hall–Kier alpha value is -0.640. The third-order valence-electron chi connectivity index (χ3n) is 1.94. The number of hydrogen-bond acceptors (Lipinski definition) is 3. The van der Waals surface area contributed by atoms with Crippen LogP contribution in [-0.2, 0) is 5.75 Å². The Labute approximate surface area is 102 Å². The van der Waals surface area contributed by atoms with Crippen LogP contribution < -0.4 is 5.73 Å². The summed E-state index contributed by atoms with van der Waals surface area (Å²) in [6.45, 7) is 0. The highest BCUT2D eigenvalue weighted by Crippen LogP contribution is 2.28. The molecular formula is C11H10ClNS2. The van der Waals surface area contributed by atoms with E-state index in [9.17, 15) is 0 Å². The van der Waals surface area contributed by atoms with E-state index < -0.39 is 0 Å². The van der Waals surface area contributed by atoms with E-state index in [1.165, 1.54) is 9.77 Å². The van der Waals surface area contributed by atoms with E-state index in [2.05, 4.69) is 17.5 Å². The Morgan fingerprint density at radius 3 is 2.87 bits per heavy atom. The van der Waals surface area contributed by atoms with E-state index >= 15 is 0 Å². The highest BCUT2D eigenvalue weighted by atomic mass is 35.5. The lowest BCUT2D eigenvalue weighted by molar-refractivity contribution is 1.41. The number of thiophene rings is 1. The third kappa shape index (κ3) is 2.91. The van der Waals surface area contributed by atoms with Crippen molar-refractivity contribution in [3.05, 3.63) is 46.3 Å². The molecule has 15 heavy (non-hydrogen) atoms. The lowest BCUT2D eigenvalue weighted by Crippen LogP contribution is -1.88. The first kappa shape index (κ1) is 10.9. The first-order valence-electron chi connectivity index (χ1n) is 4.46. The molecule has 78 valence electrons. The summed E-state index contributed by atoms with van der Waals surface area (Å²) < 4.78 is 1.32. The quantitative estimate of drug-likeness (QED) is 0.655. The van der Waals surface area contributed by atoms with E-state index in [0.717, 1.165) is 5.75 Å². The SMILES string of the molecule is Nc1cc(CSc2cccs2)ccc1Cl. The normalized spacial score (nSPS) is 10.5. The molecule has 1 heterocycles. The predicted molar refractivity (Wildman–Crippen MR) is 69.7 cm³/mol. The van der Waals surface area contributed by atoms with E-state index in [1.807, 2.05) is 30.0 Å². The minimum Gasteiger partial charge on any atom is -0.398 e. The minimum absolute atomic E-state index is 0.625. The van der Waals surface area contributed by atoms with Crippen LogP contribution >= 0.6 is 34.7 Å². The van der Waals surface area contributed by atoms with Gasteiger partial charge in [-0.3, -0.25) is 0 Å². The van der Waals surface area contributed by atoms with E-state index in [1.54, 1.807) is 11.3 Å². The molecule has 0 spiro atoms. The van der Waals surface area contributed by atoms with Crippen LogP contribution in [0.5, 0.6) is 0 Å². The van der Waals surface area contributed by atoms with Crippen molar-refractivity contribution in [2.75, 3.05) is 5.73 Å². The van der Waals surface area contributed by atoms with Crippen LogP contribution in [-0.4, -0.2) is 0 Å². The maximum atomic E-state index is 5.85. The summed E-state index contributed by atoms with van der Waals surface area (Å²) in [7, 11) is 0. The van der Waals surface area contributed by atoms with Crippen LogP contribution in [0.1, 0.15) is 5.56 Å². The summed E-state index contributed by atoms with van der Waals surface area (Å²) in [6, 6.07) is 9.97. The molecule has 0 aliphatic carbocycles. The average Bonchev–Trinajstić information content (AvgIpc) is 2.73. The summed E-state index contributed by atoms with van der Waals surface area (Å²) >= 11 is 9.42. The molecule has 0 atom stereocenters. The lowest BCUT2D eigenvalue weighted by Gasteiger charge is -2.02. The average molecular weight is 256 g/mol. The molecule has 2 aromatic rings. The summed E-state index contributed by atoms with van der Waals surface area (Å²) in [4.78, 5) is 0. The smallest absolute Gasteiger partial charge is 0.0635 e. The van der Waals surface area contributed by atoms with Crippen molar-refractivity contribution >= 4 is 40.4 Å². The number of nitrogens with two attached hydrogens (primary N) is 1. The van der Waals surface area contributed by atoms with Crippen molar-refractivity contribution in [1.29, 1.82) is 0 Å². The van der Waals surface area contributed by atoms with Gasteiger partial charge in [0.25, 0.3) is 0 Å². The summed E-state index contributed by atoms with van der Waals surface area (Å²) in [5, 5.41) is 2.71. The van der Waals surface area contributed by atoms with E-state index in [-0.39, 0.29) is 0 Å². The van der Waals surface area contributed by atoms with Crippen molar-refractivity contribution < 1.29 is 0 Å². The van der Waals surface area contributed by atoms with Crippen LogP contribution in [0.2, 0.25) is 5.02 Å². The molecule has 1 aromatic heterocycles. The number of halogens is 1. The number of rotatable bonds is 3. The van der Waals surface area contributed by atoms with E-state index in [0.29, 0.717) is 10.7 Å². The molecule has 1 aromatic carbocycles. The third-order valence-corrected chi connectivity index (χ3v) is 4.48. The maximum absolute atomic E-state index is 5.85. The summed E-state index contributed by atoms with van der Waals surface area (Å²) in [6.07, 6.45) is 0. The second-order valence-corrected chi connectivity index (χ2v) is 5.71. The Balaban J connectivity index is 2.02. The van der Waals surface area contributed by atoms with Gasteiger partial charge in [-0.2, -0.15) is 0 Å². The second kappa shape index (κ2) is 4.92. The maximum Gasteiger partial charge on any atom is 0.0635 e. The molecule has 0 radical (unpaired) electrons. The van der Waals surface area contributed by atoms with Gasteiger partial charge in [-0.05, 0) is 29.1 Å². The van der Waals surface area contributed by atoms with Gasteiger partial charge in [-0.25, -0.2) is 0 Å². The first-order chi connectivity index (χ1) is 7.25. The number of thioether (sulfide) groups is 1. The number of benzene rings is 1. The molecule has 1 nitrogen and oxygen atoms in total. The van der Waals surface area contributed by atoms with Crippen LogP contribution in [0.25, 0.3) is 0 Å². The van der Waals surface area contributed by atoms with Crippen molar-refractivity contribution in [2.24, 2.45) is 0 Å². The Bertz CT molecular complexity index is 440. The van der Waals surface area contributed by atoms with Crippen LogP contribution in [0.15, 0.2) is 39.9 Å². The number of nitrogen functional groups attached to an aromatic ring is 1. The highest BCUT2D eigenvalue weighted by molar-refractivity contribution is 8.00. The monoisotopic (exact) mass is 255 g/mol. The van der Waals surface area contributed by atoms with Gasteiger partial charge in [-0.15, -0.1) is 23.1 Å². The zero-order valence-electron chi connectivity index (χ0n) is 7.94. The van der Waals surface area contributed by atoms with Crippen LogP contribution in [0.4, 0.5) is 5.69 Å². The topological polar surface area (TPSA) is 26.0 Å². The summed E-state index contributed by atoms with van der Waals surface area (Å²) in [5.41, 5.74) is 7.59. The highest BCUT2D eigenvalue weighted by Gasteiger charge is 2.00. The van der Waals surface area contributed by atoms with Gasteiger partial charge in [-0.1, -0.05) is 23.7 Å². The molecule has 2 rings (SSSR count). The Morgan fingerprint density at radius 2 is 2.20 bits per heavy atom. The second-order valence-electron chi connectivity index (χ2n) is 3.08. The van der Waals surface area contributed by atoms with Crippen molar-refractivity contribution in [3.8, 4) is 0 Å². The van der Waals surface area contributed by atoms with Gasteiger partial charge in [0, 0.05) is 5.75 Å². The molecule has 0 saturated heterocycles. The zero-order valence-corrected chi connectivity index (χ0v) is 10.3. The van der Waals surface area contributed by atoms with E-state index in [4.69, 9.17) is 17.3 Å². The van der Waals surface area contributed by atoms with Gasteiger partial charge >= 0.3 is 0 Å². The molecule has 0 aliphatic rings. The molecule has 0 amide bonds. The van der Waals surface area contributed by atoms with Gasteiger partial charge in [0.1, 0.15) is 0 Å². The fourth-order valence-corrected chi connectivity index (χ4v) is 3.03. The molecule has 0 saturated carbocycles. The molecule has 0 fully saturated rings. The molecule has 4 heteroatoms.